The summed E-state index contributed by atoms with van der Waals surface area (Å²) in [6.07, 6.45) is 0.570. The lowest BCUT2D eigenvalue weighted by Gasteiger charge is -2.09. The van der Waals surface area contributed by atoms with Gasteiger partial charge in [0.1, 0.15) is 23.0 Å². The molecule has 0 saturated heterocycles. The monoisotopic (exact) mass is 441 g/mol. The highest BCUT2D eigenvalue weighted by Gasteiger charge is 2.22. The van der Waals surface area contributed by atoms with E-state index in [2.05, 4.69) is 4.98 Å². The molecule has 164 valence electrons. The van der Waals surface area contributed by atoms with Crippen molar-refractivity contribution in [2.75, 3.05) is 12.4 Å². The van der Waals surface area contributed by atoms with Gasteiger partial charge in [-0.25, -0.2) is 13.4 Å². The van der Waals surface area contributed by atoms with E-state index >= 15 is 0 Å². The number of benzene rings is 2. The van der Waals surface area contributed by atoms with Crippen molar-refractivity contribution in [1.29, 1.82) is 0 Å². The molecule has 3 rings (SSSR count). The van der Waals surface area contributed by atoms with E-state index in [0.29, 0.717) is 30.4 Å². The first kappa shape index (κ1) is 22.7. The van der Waals surface area contributed by atoms with E-state index < -0.39 is 15.6 Å². The average Bonchev–Trinajstić information content (AvgIpc) is 3.07. The molecule has 0 aliphatic carbocycles. The molecule has 0 radical (unpaired) electrons. The zero-order chi connectivity index (χ0) is 22.4. The van der Waals surface area contributed by atoms with Crippen LogP contribution < -0.4 is 4.74 Å². The number of hydrogen-bond acceptors (Lipinski definition) is 6. The SMILES string of the molecule is CCOc1ccccc1CCC(=O)CS(=O)(=O)Cc1nc(-c2ccccc2C)oc1C. The van der Waals surface area contributed by atoms with Crippen LogP contribution in [0, 0.1) is 13.8 Å². The maximum Gasteiger partial charge on any atom is 0.226 e. The van der Waals surface area contributed by atoms with Crippen LogP contribution in [0.15, 0.2) is 52.9 Å². The highest BCUT2D eigenvalue weighted by Crippen LogP contribution is 2.26. The van der Waals surface area contributed by atoms with Gasteiger partial charge in [-0.05, 0) is 50.5 Å². The minimum absolute atomic E-state index is 0.134. The molecule has 31 heavy (non-hydrogen) atoms. The Hall–Kier alpha value is -2.93. The lowest BCUT2D eigenvalue weighted by atomic mass is 10.1. The zero-order valence-electron chi connectivity index (χ0n) is 18.1. The summed E-state index contributed by atoms with van der Waals surface area (Å²) in [6.45, 7) is 6.05. The normalized spacial score (nSPS) is 11.5. The lowest BCUT2D eigenvalue weighted by molar-refractivity contribution is -0.116. The van der Waals surface area contributed by atoms with Crippen LogP contribution in [-0.2, 0) is 26.8 Å². The van der Waals surface area contributed by atoms with E-state index in [1.807, 2.05) is 62.4 Å². The topological polar surface area (TPSA) is 86.5 Å². The molecule has 0 aliphatic rings. The number of rotatable bonds is 10. The Morgan fingerprint density at radius 3 is 2.52 bits per heavy atom. The minimum atomic E-state index is -3.66. The van der Waals surface area contributed by atoms with E-state index in [1.165, 1.54) is 0 Å². The first-order valence-electron chi connectivity index (χ1n) is 10.2. The Morgan fingerprint density at radius 2 is 1.77 bits per heavy atom. The van der Waals surface area contributed by atoms with Gasteiger partial charge in [-0.2, -0.15) is 0 Å². The van der Waals surface area contributed by atoms with Crippen LogP contribution in [0.2, 0.25) is 0 Å². The second-order valence-electron chi connectivity index (χ2n) is 7.45. The molecular weight excluding hydrogens is 414 g/mol. The number of aryl methyl sites for hydroxylation is 3. The number of carbonyl (C=O) groups excluding carboxylic acids is 1. The maximum absolute atomic E-state index is 12.6. The van der Waals surface area contributed by atoms with Gasteiger partial charge in [0, 0.05) is 12.0 Å². The molecule has 0 saturated carbocycles. The number of ketones is 1. The fraction of sp³-hybridized carbons (Fsp3) is 0.333. The highest BCUT2D eigenvalue weighted by atomic mass is 32.2. The lowest BCUT2D eigenvalue weighted by Crippen LogP contribution is -2.18. The first-order valence-corrected chi connectivity index (χ1v) is 12.1. The van der Waals surface area contributed by atoms with Crippen molar-refractivity contribution >= 4 is 15.6 Å². The Morgan fingerprint density at radius 1 is 1.06 bits per heavy atom. The third-order valence-corrected chi connectivity index (χ3v) is 6.43. The smallest absolute Gasteiger partial charge is 0.226 e. The van der Waals surface area contributed by atoms with Gasteiger partial charge in [0.25, 0.3) is 0 Å². The van der Waals surface area contributed by atoms with Crippen molar-refractivity contribution in [1.82, 2.24) is 4.98 Å². The summed E-state index contributed by atoms with van der Waals surface area (Å²) < 4.78 is 36.5. The number of ether oxygens (including phenoxy) is 1. The maximum atomic E-state index is 12.6. The van der Waals surface area contributed by atoms with Gasteiger partial charge in [-0.3, -0.25) is 4.79 Å². The van der Waals surface area contributed by atoms with E-state index in [1.54, 1.807) is 6.92 Å². The molecule has 0 unspecified atom stereocenters. The van der Waals surface area contributed by atoms with Crippen molar-refractivity contribution in [3.8, 4) is 17.2 Å². The van der Waals surface area contributed by atoms with E-state index in [9.17, 15) is 13.2 Å². The van der Waals surface area contributed by atoms with Gasteiger partial charge < -0.3 is 9.15 Å². The standard InChI is InChI=1S/C24H27NO5S/c1-4-29-23-12-8-6-10-19(23)13-14-20(26)15-31(27,28)16-22-18(3)30-24(25-22)21-11-7-5-9-17(21)2/h5-12H,4,13-16H2,1-3H3. The molecule has 6 nitrogen and oxygen atoms in total. The second-order valence-corrected chi connectivity index (χ2v) is 9.51. The molecule has 3 aromatic rings. The van der Waals surface area contributed by atoms with Crippen LogP contribution in [0.1, 0.15) is 35.9 Å². The molecule has 1 aromatic heterocycles. The summed E-state index contributed by atoms with van der Waals surface area (Å²) in [6, 6.07) is 15.1. The number of oxazole rings is 1. The summed E-state index contributed by atoms with van der Waals surface area (Å²) in [7, 11) is -3.66. The number of sulfone groups is 1. The van der Waals surface area contributed by atoms with Gasteiger partial charge in [0.2, 0.25) is 5.89 Å². The molecule has 0 amide bonds. The molecule has 0 spiro atoms. The van der Waals surface area contributed by atoms with E-state index in [0.717, 1.165) is 22.4 Å². The van der Waals surface area contributed by atoms with Crippen LogP contribution in [0.5, 0.6) is 5.75 Å². The average molecular weight is 442 g/mol. The molecule has 0 aliphatic heterocycles. The second kappa shape index (κ2) is 9.92. The Balaban J connectivity index is 1.64. The minimum Gasteiger partial charge on any atom is -0.494 e. The summed E-state index contributed by atoms with van der Waals surface area (Å²) in [5.41, 5.74) is 3.04. The van der Waals surface area contributed by atoms with Crippen molar-refractivity contribution in [2.24, 2.45) is 0 Å². The third kappa shape index (κ3) is 6.04. The van der Waals surface area contributed by atoms with Crippen LogP contribution in [0.4, 0.5) is 0 Å². The number of carbonyl (C=O) groups is 1. The fourth-order valence-electron chi connectivity index (χ4n) is 3.35. The van der Waals surface area contributed by atoms with Crippen LogP contribution in [0.25, 0.3) is 11.5 Å². The quantitative estimate of drug-likeness (QED) is 0.461. The number of hydrogen-bond donors (Lipinski definition) is 0. The van der Waals surface area contributed by atoms with Crippen LogP contribution >= 0.6 is 0 Å². The van der Waals surface area contributed by atoms with Gasteiger partial charge in [0.05, 0.1) is 18.1 Å². The largest absolute Gasteiger partial charge is 0.494 e. The third-order valence-electron chi connectivity index (χ3n) is 4.95. The number of para-hydroxylation sites is 1. The van der Waals surface area contributed by atoms with Gasteiger partial charge in [-0.15, -0.1) is 0 Å². The molecule has 0 bridgehead atoms. The molecule has 0 N–H and O–H groups in total. The number of aromatic nitrogens is 1. The predicted molar refractivity (Wildman–Crippen MR) is 120 cm³/mol. The van der Waals surface area contributed by atoms with Crippen molar-refractivity contribution in [2.45, 2.75) is 39.4 Å². The Labute approximate surface area is 183 Å². The highest BCUT2D eigenvalue weighted by molar-refractivity contribution is 7.91. The molecule has 0 atom stereocenters. The molecule has 7 heteroatoms. The summed E-state index contributed by atoms with van der Waals surface area (Å²) in [5.74, 6) is 0.388. The molecule has 2 aromatic carbocycles. The number of Topliss-reactive ketones (excluding diaryl/α,β-unsaturated/α-hetero) is 1. The van der Waals surface area contributed by atoms with Crippen LogP contribution in [-0.4, -0.2) is 31.5 Å². The fourth-order valence-corrected chi connectivity index (χ4v) is 4.77. The van der Waals surface area contributed by atoms with Crippen molar-refractivity contribution < 1.29 is 22.4 Å². The van der Waals surface area contributed by atoms with Gasteiger partial charge in [-0.1, -0.05) is 36.4 Å². The summed E-state index contributed by atoms with van der Waals surface area (Å²) in [5, 5.41) is 0. The van der Waals surface area contributed by atoms with Crippen molar-refractivity contribution in [3.63, 3.8) is 0 Å². The van der Waals surface area contributed by atoms with E-state index in [4.69, 9.17) is 9.15 Å². The predicted octanol–water partition coefficient (Wildman–Crippen LogP) is 4.47. The first-order chi connectivity index (χ1) is 14.8. The molecular formula is C24H27NO5S. The van der Waals surface area contributed by atoms with E-state index in [-0.39, 0.29) is 18.0 Å². The Bertz CT molecular complexity index is 1160. The zero-order valence-corrected chi connectivity index (χ0v) is 18.9. The molecule has 1 heterocycles. The molecule has 0 fully saturated rings. The summed E-state index contributed by atoms with van der Waals surface area (Å²) >= 11 is 0. The van der Waals surface area contributed by atoms with Gasteiger partial charge >= 0.3 is 0 Å². The van der Waals surface area contributed by atoms with Crippen molar-refractivity contribution in [3.05, 3.63) is 71.1 Å². The van der Waals surface area contributed by atoms with Crippen LogP contribution in [0.3, 0.4) is 0 Å². The summed E-state index contributed by atoms with van der Waals surface area (Å²) in [4.78, 5) is 16.8. The van der Waals surface area contributed by atoms with Gasteiger partial charge in [0.15, 0.2) is 9.84 Å². The Kier molecular flexibility index (Phi) is 7.28. The number of nitrogens with zero attached hydrogens (tertiary/aromatic N) is 1.